The molecule has 0 aliphatic carbocycles. The molecule has 2 atom stereocenters. The van der Waals surface area contributed by atoms with E-state index in [2.05, 4.69) is 22.3 Å². The van der Waals surface area contributed by atoms with Crippen LogP contribution in [0.15, 0.2) is 4.99 Å². The maximum Gasteiger partial charge on any atom is 0.326 e. The summed E-state index contributed by atoms with van der Waals surface area (Å²) in [5.74, 6) is -3.53. The lowest BCUT2D eigenvalue weighted by molar-refractivity contribution is -0.143. The molecular weight excluding hydrogens is 294 g/mol. The van der Waals surface area contributed by atoms with Gasteiger partial charge >= 0.3 is 11.9 Å². The van der Waals surface area contributed by atoms with Crippen molar-refractivity contribution in [3.63, 3.8) is 0 Å². The first-order valence-corrected chi connectivity index (χ1v) is 6.74. The summed E-state index contributed by atoms with van der Waals surface area (Å²) in [5.41, 5.74) is 0. The fourth-order valence-electron chi connectivity index (χ4n) is 1.55. The largest absolute Gasteiger partial charge is 0.481 e. The van der Waals surface area contributed by atoms with E-state index in [1.165, 1.54) is 6.92 Å². The van der Waals surface area contributed by atoms with Crippen LogP contribution in [-0.4, -0.2) is 59.3 Å². The van der Waals surface area contributed by atoms with Crippen LogP contribution in [0.1, 0.15) is 32.6 Å². The van der Waals surface area contributed by atoms with Crippen molar-refractivity contribution < 1.29 is 29.4 Å². The zero-order chi connectivity index (χ0) is 17.1. The number of nitrogens with one attached hydrogen (secondary N) is 2. The van der Waals surface area contributed by atoms with Gasteiger partial charge in [-0.15, -0.1) is 0 Å². The van der Waals surface area contributed by atoms with Crippen molar-refractivity contribution in [2.75, 3.05) is 6.54 Å². The number of carbonyl (C=O) groups is 4. The molecule has 0 aromatic heterocycles. The van der Waals surface area contributed by atoms with Crippen LogP contribution in [0.25, 0.3) is 0 Å². The highest BCUT2D eigenvalue weighted by atomic mass is 16.4. The van der Waals surface area contributed by atoms with Crippen molar-refractivity contribution in [3.8, 4) is 0 Å². The third-order valence-corrected chi connectivity index (χ3v) is 2.75. The molecule has 22 heavy (non-hydrogen) atoms. The molecule has 124 valence electrons. The van der Waals surface area contributed by atoms with Crippen molar-refractivity contribution in [1.82, 2.24) is 10.6 Å². The van der Waals surface area contributed by atoms with Crippen molar-refractivity contribution in [3.05, 3.63) is 0 Å². The zero-order valence-corrected chi connectivity index (χ0v) is 12.4. The number of hydrogen-bond donors (Lipinski definition) is 4. The summed E-state index contributed by atoms with van der Waals surface area (Å²) in [7, 11) is 0. The first-order chi connectivity index (χ1) is 10.3. The molecule has 2 amide bonds. The molecule has 0 fully saturated rings. The molecule has 9 nitrogen and oxygen atoms in total. The molecule has 0 saturated carbocycles. The fraction of sp³-hybridized carbons (Fsp3) is 0.615. The maximum atomic E-state index is 11.8. The van der Waals surface area contributed by atoms with E-state index in [-0.39, 0.29) is 25.2 Å². The third kappa shape index (κ3) is 8.67. The Kier molecular flexibility index (Phi) is 9.15. The maximum absolute atomic E-state index is 11.8. The highest BCUT2D eigenvalue weighted by molar-refractivity contribution is 5.90. The smallest absolute Gasteiger partial charge is 0.326 e. The van der Waals surface area contributed by atoms with Gasteiger partial charge in [0.1, 0.15) is 12.1 Å². The Bertz CT molecular complexity index is 437. The average molecular weight is 315 g/mol. The van der Waals surface area contributed by atoms with Crippen LogP contribution in [-0.2, 0) is 19.2 Å². The van der Waals surface area contributed by atoms with Crippen molar-refractivity contribution in [2.24, 2.45) is 4.99 Å². The van der Waals surface area contributed by atoms with Gasteiger partial charge in [0.2, 0.25) is 11.8 Å². The Morgan fingerprint density at radius 3 is 2.27 bits per heavy atom. The van der Waals surface area contributed by atoms with E-state index in [1.54, 1.807) is 0 Å². The molecular formula is C13H21N3O6. The number of aliphatic carboxylic acids is 2. The first-order valence-electron chi connectivity index (χ1n) is 6.74. The number of rotatable bonds is 11. The molecule has 0 spiro atoms. The number of carboxylic acids is 2. The lowest BCUT2D eigenvalue weighted by Gasteiger charge is -2.18. The van der Waals surface area contributed by atoms with Crippen LogP contribution in [0.5, 0.6) is 0 Å². The van der Waals surface area contributed by atoms with E-state index in [0.29, 0.717) is 13.0 Å². The summed E-state index contributed by atoms with van der Waals surface area (Å²) in [6.45, 7) is 5.13. The van der Waals surface area contributed by atoms with Gasteiger partial charge in [-0.3, -0.25) is 14.4 Å². The quantitative estimate of drug-likeness (QED) is 0.296. The molecule has 0 rings (SSSR count). The van der Waals surface area contributed by atoms with Crippen molar-refractivity contribution >= 4 is 30.5 Å². The molecule has 0 saturated heterocycles. The van der Waals surface area contributed by atoms with Gasteiger partial charge < -0.3 is 25.8 Å². The molecule has 0 aromatic rings. The molecule has 9 heteroatoms. The molecule has 0 aliphatic rings. The topological polar surface area (TPSA) is 145 Å². The summed E-state index contributed by atoms with van der Waals surface area (Å²) in [5, 5.41) is 22.1. The minimum Gasteiger partial charge on any atom is -0.481 e. The fourth-order valence-corrected chi connectivity index (χ4v) is 1.55. The summed E-state index contributed by atoms with van der Waals surface area (Å²) in [6.07, 6.45) is 0.0622. The molecule has 0 bridgehead atoms. The normalized spacial score (nSPS) is 12.8. The first kappa shape index (κ1) is 19.6. The molecule has 0 unspecified atom stereocenters. The Labute approximate surface area is 127 Å². The second kappa shape index (κ2) is 10.3. The van der Waals surface area contributed by atoms with E-state index >= 15 is 0 Å². The highest BCUT2D eigenvalue weighted by Crippen LogP contribution is 1.99. The highest BCUT2D eigenvalue weighted by Gasteiger charge is 2.24. The summed E-state index contributed by atoms with van der Waals surface area (Å²) in [6, 6.07) is -2.23. The number of carboxylic acid groups (broad SMARTS) is 2. The molecule has 0 aliphatic heterocycles. The van der Waals surface area contributed by atoms with E-state index < -0.39 is 29.9 Å². The van der Waals surface area contributed by atoms with E-state index in [4.69, 9.17) is 10.2 Å². The van der Waals surface area contributed by atoms with Crippen LogP contribution in [0.2, 0.25) is 0 Å². The Hall–Kier alpha value is -2.45. The Morgan fingerprint density at radius 1 is 1.14 bits per heavy atom. The monoisotopic (exact) mass is 315 g/mol. The van der Waals surface area contributed by atoms with E-state index in [9.17, 15) is 19.2 Å². The second-order valence-electron chi connectivity index (χ2n) is 4.67. The molecule has 4 N–H and O–H groups in total. The van der Waals surface area contributed by atoms with Gasteiger partial charge in [-0.05, 0) is 26.5 Å². The van der Waals surface area contributed by atoms with Crippen LogP contribution in [0.3, 0.4) is 0 Å². The van der Waals surface area contributed by atoms with E-state index in [0.717, 1.165) is 0 Å². The second-order valence-corrected chi connectivity index (χ2v) is 4.67. The van der Waals surface area contributed by atoms with Gasteiger partial charge in [0.15, 0.2) is 0 Å². The lowest BCUT2D eigenvalue weighted by atomic mass is 10.1. The van der Waals surface area contributed by atoms with Gasteiger partial charge in [0.05, 0.1) is 0 Å². The standard InChI is InChI=1S/C13H21N3O6/c1-8(15-10(17)4-3-7-14-2)12(20)16-9(13(21)22)5-6-11(18)19/h8-9H,2-7H2,1H3,(H,15,17)(H,16,20)(H,18,19)(H,21,22)/t8-,9-/m0/s1. The Morgan fingerprint density at radius 2 is 1.77 bits per heavy atom. The van der Waals surface area contributed by atoms with Crippen molar-refractivity contribution in [1.29, 1.82) is 0 Å². The minimum atomic E-state index is -1.33. The third-order valence-electron chi connectivity index (χ3n) is 2.75. The molecule has 0 heterocycles. The van der Waals surface area contributed by atoms with Crippen LogP contribution < -0.4 is 10.6 Å². The number of carbonyl (C=O) groups excluding carboxylic acids is 2. The van der Waals surface area contributed by atoms with Gasteiger partial charge in [-0.25, -0.2) is 4.79 Å². The molecule has 0 radical (unpaired) electrons. The summed E-state index contributed by atoms with van der Waals surface area (Å²) in [4.78, 5) is 48.3. The van der Waals surface area contributed by atoms with Crippen molar-refractivity contribution in [2.45, 2.75) is 44.7 Å². The lowest BCUT2D eigenvalue weighted by Crippen LogP contribution is -2.50. The summed E-state index contributed by atoms with van der Waals surface area (Å²) < 4.78 is 0. The summed E-state index contributed by atoms with van der Waals surface area (Å²) >= 11 is 0. The number of nitrogens with zero attached hydrogens (tertiary/aromatic N) is 1. The van der Waals surface area contributed by atoms with Gasteiger partial charge in [-0.2, -0.15) is 0 Å². The van der Waals surface area contributed by atoms with Gasteiger partial charge in [0, 0.05) is 19.4 Å². The predicted octanol–water partition coefficient (Wildman–Crippen LogP) is -0.594. The molecule has 0 aromatic carbocycles. The number of aliphatic imine (C=N–C) groups is 1. The minimum absolute atomic E-state index is 0.179. The van der Waals surface area contributed by atoms with Crippen LogP contribution >= 0.6 is 0 Å². The Balaban J connectivity index is 4.34. The number of hydrogen-bond acceptors (Lipinski definition) is 5. The van der Waals surface area contributed by atoms with Gasteiger partial charge in [-0.1, -0.05) is 0 Å². The predicted molar refractivity (Wildman–Crippen MR) is 77.7 cm³/mol. The zero-order valence-electron chi connectivity index (χ0n) is 12.4. The van der Waals surface area contributed by atoms with E-state index in [1.807, 2.05) is 0 Å². The van der Waals surface area contributed by atoms with Crippen LogP contribution in [0, 0.1) is 0 Å². The SMILES string of the molecule is C=NCCCC(=O)N[C@@H](C)C(=O)N[C@@H](CCC(=O)O)C(=O)O. The number of amides is 2. The van der Waals surface area contributed by atoms with Gasteiger partial charge in [0.25, 0.3) is 0 Å². The average Bonchev–Trinajstić information content (AvgIpc) is 2.42. The van der Waals surface area contributed by atoms with Crippen LogP contribution in [0.4, 0.5) is 0 Å².